The second-order valence-corrected chi connectivity index (χ2v) is 7.11. The van der Waals surface area contributed by atoms with Gasteiger partial charge in [0.15, 0.2) is 5.78 Å². The Balaban J connectivity index is 2.07. The summed E-state index contributed by atoms with van der Waals surface area (Å²) < 4.78 is 27.0. The highest BCUT2D eigenvalue weighted by Gasteiger charge is 2.12. The Morgan fingerprint density at radius 3 is 1.74 bits per heavy atom. The van der Waals surface area contributed by atoms with Crippen molar-refractivity contribution in [1.82, 2.24) is 4.31 Å². The van der Waals surface area contributed by atoms with Crippen LogP contribution in [0, 0.1) is 0 Å². The van der Waals surface area contributed by atoms with E-state index in [0.29, 0.717) is 11.3 Å². The number of hydrogen-bond donors (Lipinski definition) is 2. The molecule has 122 valence electrons. The van der Waals surface area contributed by atoms with Gasteiger partial charge < -0.3 is 5.32 Å². The molecule has 0 spiro atoms. The molecule has 2 aromatic rings. The predicted molar refractivity (Wildman–Crippen MR) is 92.4 cm³/mol. The van der Waals surface area contributed by atoms with Gasteiger partial charge in [0.1, 0.15) is 0 Å². The maximum absolute atomic E-state index is 11.7. The number of Topliss-reactive ketones (excluding diaryl/α,β-unsaturated/α-hetero) is 1. The van der Waals surface area contributed by atoms with Gasteiger partial charge in [0.2, 0.25) is 0 Å². The van der Waals surface area contributed by atoms with Crippen molar-refractivity contribution in [3.63, 3.8) is 0 Å². The summed E-state index contributed by atoms with van der Waals surface area (Å²) in [5.41, 5.74) is 2.80. The molecule has 0 aliphatic rings. The molecule has 2 rings (SSSR count). The van der Waals surface area contributed by atoms with Crippen LogP contribution in [0.2, 0.25) is 0 Å². The molecule has 0 aliphatic heterocycles. The molecule has 2 N–H and O–H groups in total. The van der Waals surface area contributed by atoms with E-state index in [1.54, 1.807) is 36.4 Å². The van der Waals surface area contributed by atoms with Crippen LogP contribution in [0.15, 0.2) is 48.5 Å². The van der Waals surface area contributed by atoms with Crippen molar-refractivity contribution >= 4 is 33.1 Å². The topological polar surface area (TPSA) is 78.5 Å². The van der Waals surface area contributed by atoms with E-state index in [-0.39, 0.29) is 5.78 Å². The Morgan fingerprint density at radius 2 is 1.30 bits per heavy atom. The van der Waals surface area contributed by atoms with Crippen LogP contribution in [0.5, 0.6) is 0 Å². The minimum absolute atomic E-state index is 0.0223. The minimum atomic E-state index is -3.50. The van der Waals surface area contributed by atoms with E-state index in [0.717, 1.165) is 15.7 Å². The van der Waals surface area contributed by atoms with E-state index in [1.807, 2.05) is 12.1 Å². The summed E-state index contributed by atoms with van der Waals surface area (Å²) in [6.07, 6.45) is 0. The van der Waals surface area contributed by atoms with Gasteiger partial charge in [-0.2, -0.15) is 12.7 Å². The summed E-state index contributed by atoms with van der Waals surface area (Å²) in [4.78, 5) is 11.2. The van der Waals surface area contributed by atoms with Gasteiger partial charge in [-0.05, 0) is 55.5 Å². The van der Waals surface area contributed by atoms with Gasteiger partial charge >= 0.3 is 10.2 Å². The zero-order valence-electron chi connectivity index (χ0n) is 13.2. The maximum atomic E-state index is 11.7. The van der Waals surface area contributed by atoms with Gasteiger partial charge in [-0.15, -0.1) is 0 Å². The van der Waals surface area contributed by atoms with Crippen LogP contribution >= 0.6 is 0 Å². The molecule has 0 aliphatic carbocycles. The van der Waals surface area contributed by atoms with Crippen LogP contribution in [-0.2, 0) is 10.2 Å². The number of nitrogens with one attached hydrogen (secondary N) is 2. The molecule has 0 bridgehead atoms. The summed E-state index contributed by atoms with van der Waals surface area (Å²) in [7, 11) is -0.582. The van der Waals surface area contributed by atoms with Crippen molar-refractivity contribution in [3.8, 4) is 0 Å². The number of anilines is 3. The zero-order chi connectivity index (χ0) is 17.0. The highest BCUT2D eigenvalue weighted by molar-refractivity contribution is 7.90. The van der Waals surface area contributed by atoms with Crippen molar-refractivity contribution in [2.75, 3.05) is 24.1 Å². The zero-order valence-corrected chi connectivity index (χ0v) is 14.0. The van der Waals surface area contributed by atoms with Crippen molar-refractivity contribution in [1.29, 1.82) is 0 Å². The lowest BCUT2D eigenvalue weighted by Gasteiger charge is -2.14. The van der Waals surface area contributed by atoms with E-state index < -0.39 is 10.2 Å². The van der Waals surface area contributed by atoms with Crippen LogP contribution < -0.4 is 10.0 Å². The SMILES string of the molecule is CC(=O)c1ccc(Nc2ccc(NS(=O)(=O)N(C)C)cc2)cc1. The van der Waals surface area contributed by atoms with Crippen molar-refractivity contribution in [3.05, 3.63) is 54.1 Å². The molecule has 0 radical (unpaired) electrons. The Bertz CT molecular complexity index is 782. The number of carbonyl (C=O) groups excluding carboxylic acids is 1. The number of rotatable bonds is 6. The first kappa shape index (κ1) is 17.0. The molecule has 7 heteroatoms. The third kappa shape index (κ3) is 4.54. The quantitative estimate of drug-likeness (QED) is 0.797. The van der Waals surface area contributed by atoms with Crippen LogP contribution in [0.4, 0.5) is 17.1 Å². The summed E-state index contributed by atoms with van der Waals surface area (Å²) in [6, 6.07) is 14.0. The maximum Gasteiger partial charge on any atom is 0.301 e. The first-order valence-electron chi connectivity index (χ1n) is 6.96. The molecule has 6 nitrogen and oxygen atoms in total. The van der Waals surface area contributed by atoms with E-state index >= 15 is 0 Å². The molecule has 0 aromatic heterocycles. The smallest absolute Gasteiger partial charge is 0.301 e. The molecule has 2 aromatic carbocycles. The van der Waals surface area contributed by atoms with E-state index in [2.05, 4.69) is 10.0 Å². The van der Waals surface area contributed by atoms with Crippen LogP contribution in [0.25, 0.3) is 0 Å². The molecule has 0 atom stereocenters. The highest BCUT2D eigenvalue weighted by atomic mass is 32.2. The lowest BCUT2D eigenvalue weighted by Crippen LogP contribution is -2.28. The van der Waals surface area contributed by atoms with Gasteiger partial charge in [0.05, 0.1) is 0 Å². The fourth-order valence-corrected chi connectivity index (χ4v) is 2.43. The van der Waals surface area contributed by atoms with Crippen LogP contribution in [0.3, 0.4) is 0 Å². The molecule has 0 amide bonds. The summed E-state index contributed by atoms with van der Waals surface area (Å²) in [6.45, 7) is 1.52. The molecule has 0 saturated carbocycles. The molecule has 0 unspecified atom stereocenters. The monoisotopic (exact) mass is 333 g/mol. The highest BCUT2D eigenvalue weighted by Crippen LogP contribution is 2.20. The van der Waals surface area contributed by atoms with Crippen LogP contribution in [0.1, 0.15) is 17.3 Å². The second-order valence-electron chi connectivity index (χ2n) is 5.23. The van der Waals surface area contributed by atoms with E-state index in [9.17, 15) is 13.2 Å². The van der Waals surface area contributed by atoms with E-state index in [1.165, 1.54) is 21.0 Å². The molecular formula is C16H19N3O3S. The van der Waals surface area contributed by atoms with Crippen LogP contribution in [-0.4, -0.2) is 32.6 Å². The Hall–Kier alpha value is -2.38. The normalized spacial score (nSPS) is 11.3. The largest absolute Gasteiger partial charge is 0.356 e. The summed E-state index contributed by atoms with van der Waals surface area (Å²) in [5.74, 6) is 0.0223. The van der Waals surface area contributed by atoms with Crippen molar-refractivity contribution in [2.45, 2.75) is 6.92 Å². The molecule has 0 fully saturated rings. The fourth-order valence-electron chi connectivity index (χ4n) is 1.82. The molecule has 0 saturated heterocycles. The molecule has 0 heterocycles. The number of nitrogens with zero attached hydrogens (tertiary/aromatic N) is 1. The predicted octanol–water partition coefficient (Wildman–Crippen LogP) is 2.85. The number of ketones is 1. The van der Waals surface area contributed by atoms with Gasteiger partial charge in [-0.25, -0.2) is 0 Å². The summed E-state index contributed by atoms with van der Waals surface area (Å²) >= 11 is 0. The van der Waals surface area contributed by atoms with E-state index in [4.69, 9.17) is 0 Å². The fraction of sp³-hybridized carbons (Fsp3) is 0.188. The van der Waals surface area contributed by atoms with Gasteiger partial charge in [0, 0.05) is 36.7 Å². The number of hydrogen-bond acceptors (Lipinski definition) is 4. The van der Waals surface area contributed by atoms with Gasteiger partial charge in [0.25, 0.3) is 0 Å². The first-order valence-corrected chi connectivity index (χ1v) is 8.40. The minimum Gasteiger partial charge on any atom is -0.356 e. The third-order valence-corrected chi connectivity index (χ3v) is 4.65. The summed E-state index contributed by atoms with van der Waals surface area (Å²) in [5, 5.41) is 3.18. The Morgan fingerprint density at radius 1 is 0.870 bits per heavy atom. The van der Waals surface area contributed by atoms with Gasteiger partial charge in [-0.3, -0.25) is 9.52 Å². The van der Waals surface area contributed by atoms with Crippen molar-refractivity contribution < 1.29 is 13.2 Å². The Kier molecular flexibility index (Phi) is 5.02. The first-order chi connectivity index (χ1) is 10.8. The van der Waals surface area contributed by atoms with Gasteiger partial charge in [-0.1, -0.05) is 0 Å². The number of benzene rings is 2. The average molecular weight is 333 g/mol. The number of carbonyl (C=O) groups is 1. The molecular weight excluding hydrogens is 314 g/mol. The van der Waals surface area contributed by atoms with Crippen molar-refractivity contribution in [2.24, 2.45) is 0 Å². The Labute approximate surface area is 136 Å². The molecule has 23 heavy (non-hydrogen) atoms. The lowest BCUT2D eigenvalue weighted by atomic mass is 10.1. The standard InChI is InChI=1S/C16H19N3O3S/c1-12(20)13-4-6-14(7-5-13)17-15-8-10-16(11-9-15)18-23(21,22)19(2)3/h4-11,17-18H,1-3H3. The third-order valence-electron chi connectivity index (χ3n) is 3.19. The second kappa shape index (κ2) is 6.80. The lowest BCUT2D eigenvalue weighted by molar-refractivity contribution is 0.101. The average Bonchev–Trinajstić information content (AvgIpc) is 2.49.